The van der Waals surface area contributed by atoms with E-state index in [0.29, 0.717) is 7.14 Å². The van der Waals surface area contributed by atoms with Crippen molar-refractivity contribution in [2.75, 3.05) is 0 Å². The number of rotatable bonds is 2. The van der Waals surface area contributed by atoms with Gasteiger partial charge in [-0.1, -0.05) is 0 Å². The van der Waals surface area contributed by atoms with E-state index < -0.39 is 12.1 Å². The van der Waals surface area contributed by atoms with Crippen molar-refractivity contribution in [3.63, 3.8) is 0 Å². The third kappa shape index (κ3) is 2.48. The maximum absolute atomic E-state index is 10.5. The first-order valence-electron chi connectivity index (χ1n) is 3.52. The van der Waals surface area contributed by atoms with Crippen molar-refractivity contribution in [2.24, 2.45) is 0 Å². The van der Waals surface area contributed by atoms with Crippen LogP contribution in [-0.4, -0.2) is 21.3 Å². The van der Waals surface area contributed by atoms with Crippen LogP contribution in [-0.2, 0) is 4.79 Å². The predicted molar refractivity (Wildman–Crippen MR) is 66.1 cm³/mol. The third-order valence-corrected chi connectivity index (χ3v) is 4.60. The molecule has 0 radical (unpaired) electrons. The van der Waals surface area contributed by atoms with Gasteiger partial charge < -0.3 is 15.3 Å². The standard InChI is InChI=1S/C8H6I2O4/c9-4-1-3(7(12)8(13)14)2-5(11)6(4)10/h1-2,7,11-12H,(H,13,14). The molecule has 1 atom stereocenters. The highest BCUT2D eigenvalue weighted by Crippen LogP contribution is 2.29. The summed E-state index contributed by atoms with van der Waals surface area (Å²) in [7, 11) is 0. The maximum atomic E-state index is 10.5. The second-order valence-corrected chi connectivity index (χ2v) is 4.82. The number of aliphatic hydroxyl groups excluding tert-OH is 1. The van der Waals surface area contributed by atoms with Gasteiger partial charge in [0, 0.05) is 3.57 Å². The van der Waals surface area contributed by atoms with Gasteiger partial charge in [0.25, 0.3) is 0 Å². The maximum Gasteiger partial charge on any atom is 0.337 e. The van der Waals surface area contributed by atoms with E-state index in [1.54, 1.807) is 0 Å². The van der Waals surface area contributed by atoms with Gasteiger partial charge >= 0.3 is 5.97 Å². The van der Waals surface area contributed by atoms with E-state index in [4.69, 9.17) is 5.11 Å². The molecular formula is C8H6I2O4. The van der Waals surface area contributed by atoms with Crippen LogP contribution in [0.1, 0.15) is 11.7 Å². The minimum Gasteiger partial charge on any atom is -0.507 e. The molecule has 0 heterocycles. The van der Waals surface area contributed by atoms with E-state index in [-0.39, 0.29) is 11.3 Å². The smallest absolute Gasteiger partial charge is 0.337 e. The first kappa shape index (κ1) is 12.0. The Hall–Kier alpha value is -0.0900. The van der Waals surface area contributed by atoms with E-state index in [9.17, 15) is 15.0 Å². The molecule has 0 amide bonds. The number of benzene rings is 1. The van der Waals surface area contributed by atoms with E-state index >= 15 is 0 Å². The van der Waals surface area contributed by atoms with Crippen LogP contribution in [0, 0.1) is 7.14 Å². The average Bonchev–Trinajstić information content (AvgIpc) is 2.12. The number of aliphatic hydroxyl groups is 1. The zero-order chi connectivity index (χ0) is 10.9. The Bertz CT molecular complexity index is 355. The van der Waals surface area contributed by atoms with Gasteiger partial charge in [0.2, 0.25) is 0 Å². The first-order valence-corrected chi connectivity index (χ1v) is 5.68. The van der Waals surface area contributed by atoms with Crippen molar-refractivity contribution in [3.05, 3.63) is 24.8 Å². The molecule has 3 N–H and O–H groups in total. The molecular weight excluding hydrogens is 414 g/mol. The van der Waals surface area contributed by atoms with E-state index in [1.165, 1.54) is 12.1 Å². The highest BCUT2D eigenvalue weighted by molar-refractivity contribution is 14.1. The van der Waals surface area contributed by atoms with Gasteiger partial charge in [0.1, 0.15) is 5.75 Å². The molecule has 0 saturated heterocycles. The molecule has 1 unspecified atom stereocenters. The molecule has 4 nitrogen and oxygen atoms in total. The van der Waals surface area contributed by atoms with Crippen LogP contribution in [0.2, 0.25) is 0 Å². The molecule has 1 aromatic carbocycles. The van der Waals surface area contributed by atoms with Gasteiger partial charge in [-0.05, 0) is 62.9 Å². The minimum atomic E-state index is -1.59. The van der Waals surface area contributed by atoms with Crippen molar-refractivity contribution in [3.8, 4) is 5.75 Å². The summed E-state index contributed by atoms with van der Waals surface area (Å²) in [6.45, 7) is 0. The number of hydrogen-bond donors (Lipinski definition) is 3. The van der Waals surface area contributed by atoms with E-state index in [2.05, 4.69) is 0 Å². The first-order chi connectivity index (χ1) is 6.43. The summed E-state index contributed by atoms with van der Waals surface area (Å²) < 4.78 is 1.35. The van der Waals surface area contributed by atoms with Crippen LogP contribution in [0.3, 0.4) is 0 Å². The number of hydrogen-bond acceptors (Lipinski definition) is 3. The molecule has 0 bridgehead atoms. The zero-order valence-electron chi connectivity index (χ0n) is 6.74. The fourth-order valence-electron chi connectivity index (χ4n) is 0.895. The van der Waals surface area contributed by atoms with Crippen molar-refractivity contribution < 1.29 is 20.1 Å². The van der Waals surface area contributed by atoms with Gasteiger partial charge in [-0.2, -0.15) is 0 Å². The fraction of sp³-hybridized carbons (Fsp3) is 0.125. The number of carboxylic acids is 1. The molecule has 1 aromatic rings. The molecule has 0 spiro atoms. The number of aromatic hydroxyl groups is 1. The number of carbonyl (C=O) groups is 1. The second kappa shape index (κ2) is 4.62. The van der Waals surface area contributed by atoms with Gasteiger partial charge in [0.05, 0.1) is 3.57 Å². The van der Waals surface area contributed by atoms with Crippen LogP contribution in [0.4, 0.5) is 0 Å². The number of aliphatic carboxylic acids is 1. The molecule has 76 valence electrons. The Kier molecular flexibility index (Phi) is 3.95. The van der Waals surface area contributed by atoms with Crippen LogP contribution >= 0.6 is 45.2 Å². The lowest BCUT2D eigenvalue weighted by Gasteiger charge is -2.08. The number of carboxylic acid groups (broad SMARTS) is 1. The van der Waals surface area contributed by atoms with Crippen LogP contribution in [0.25, 0.3) is 0 Å². The Balaban J connectivity index is 3.19. The van der Waals surface area contributed by atoms with Crippen molar-refractivity contribution in [2.45, 2.75) is 6.10 Å². The summed E-state index contributed by atoms with van der Waals surface area (Å²) in [5, 5.41) is 27.2. The summed E-state index contributed by atoms with van der Waals surface area (Å²) in [5.74, 6) is -1.35. The number of phenolic OH excluding ortho intramolecular Hbond substituents is 1. The summed E-state index contributed by atoms with van der Waals surface area (Å²) in [6.07, 6.45) is -1.59. The SMILES string of the molecule is O=C(O)C(O)c1cc(O)c(I)c(I)c1. The topological polar surface area (TPSA) is 77.8 Å². The van der Waals surface area contributed by atoms with Gasteiger partial charge in [0.15, 0.2) is 6.10 Å². The van der Waals surface area contributed by atoms with Crippen LogP contribution in [0.5, 0.6) is 5.75 Å². The van der Waals surface area contributed by atoms with Crippen molar-refractivity contribution >= 4 is 51.2 Å². The lowest BCUT2D eigenvalue weighted by atomic mass is 10.1. The molecule has 0 saturated carbocycles. The fourth-order valence-corrected chi connectivity index (χ4v) is 1.84. The monoisotopic (exact) mass is 420 g/mol. The Morgan fingerprint density at radius 1 is 1.36 bits per heavy atom. The normalized spacial score (nSPS) is 12.5. The van der Waals surface area contributed by atoms with Crippen molar-refractivity contribution in [1.29, 1.82) is 0 Å². The van der Waals surface area contributed by atoms with Crippen LogP contribution in [0.15, 0.2) is 12.1 Å². The van der Waals surface area contributed by atoms with Gasteiger partial charge in [-0.25, -0.2) is 4.79 Å². The zero-order valence-corrected chi connectivity index (χ0v) is 11.1. The molecule has 0 fully saturated rings. The largest absolute Gasteiger partial charge is 0.507 e. The Morgan fingerprint density at radius 2 is 1.93 bits per heavy atom. The average molecular weight is 420 g/mol. The molecule has 0 aliphatic heterocycles. The van der Waals surface area contributed by atoms with Crippen LogP contribution < -0.4 is 0 Å². The summed E-state index contributed by atoms with van der Waals surface area (Å²) in [6, 6.07) is 2.78. The number of halogens is 2. The quantitative estimate of drug-likeness (QED) is 0.638. The third-order valence-electron chi connectivity index (χ3n) is 1.58. The molecule has 0 aliphatic rings. The lowest BCUT2D eigenvalue weighted by molar-refractivity contribution is -0.146. The summed E-state index contributed by atoms with van der Waals surface area (Å²) >= 11 is 3.90. The highest BCUT2D eigenvalue weighted by Gasteiger charge is 2.18. The predicted octanol–water partition coefficient (Wildman–Crippen LogP) is 1.72. The van der Waals surface area contributed by atoms with E-state index in [1.807, 2.05) is 45.2 Å². The molecule has 14 heavy (non-hydrogen) atoms. The van der Waals surface area contributed by atoms with Crippen molar-refractivity contribution in [1.82, 2.24) is 0 Å². The van der Waals surface area contributed by atoms with Gasteiger partial charge in [-0.15, -0.1) is 0 Å². The van der Waals surface area contributed by atoms with E-state index in [0.717, 1.165) is 0 Å². The molecule has 0 aromatic heterocycles. The Morgan fingerprint density at radius 3 is 2.36 bits per heavy atom. The lowest BCUT2D eigenvalue weighted by Crippen LogP contribution is -2.10. The molecule has 0 aliphatic carbocycles. The molecule has 6 heteroatoms. The Labute approximate surface area is 107 Å². The second-order valence-electron chi connectivity index (χ2n) is 2.58. The number of phenols is 1. The van der Waals surface area contributed by atoms with Gasteiger partial charge in [-0.3, -0.25) is 0 Å². The summed E-state index contributed by atoms with van der Waals surface area (Å²) in [5.41, 5.74) is 0.180. The highest BCUT2D eigenvalue weighted by atomic mass is 127. The molecule has 1 rings (SSSR count). The minimum absolute atomic E-state index is 0.0206. The summed E-state index contributed by atoms with van der Waals surface area (Å²) in [4.78, 5) is 10.5.